The summed E-state index contributed by atoms with van der Waals surface area (Å²) < 4.78 is 6.04. The van der Waals surface area contributed by atoms with Crippen molar-refractivity contribution in [1.29, 1.82) is 0 Å². The van der Waals surface area contributed by atoms with E-state index in [1.165, 1.54) is 0 Å². The van der Waals surface area contributed by atoms with E-state index in [1.807, 2.05) is 208 Å². The predicted octanol–water partition coefficient (Wildman–Crippen LogP) is 12.7. The highest BCUT2D eigenvalue weighted by Gasteiger charge is 2.35. The summed E-state index contributed by atoms with van der Waals surface area (Å²) >= 11 is 0. The van der Waals surface area contributed by atoms with Crippen LogP contribution < -0.4 is 4.74 Å². The molecule has 2 nitrogen and oxygen atoms in total. The van der Waals surface area contributed by atoms with E-state index < -0.39 is 0 Å². The first kappa shape index (κ1) is 37.4. The quantitative estimate of drug-likeness (QED) is 0.161. The van der Waals surface area contributed by atoms with E-state index in [2.05, 4.69) is 35.8 Å². The molecule has 264 valence electrons. The van der Waals surface area contributed by atoms with Gasteiger partial charge in [0.2, 0.25) is 0 Å². The molecule has 8 rings (SSSR count). The van der Waals surface area contributed by atoms with Crippen molar-refractivity contribution in [2.75, 3.05) is 0 Å². The van der Waals surface area contributed by atoms with Crippen LogP contribution in [0.2, 0.25) is 0 Å². The number of carbonyl (C=O) groups excluding carboxylic acids is 1. The van der Waals surface area contributed by atoms with Crippen molar-refractivity contribution >= 4 is 28.1 Å². The topological polar surface area (TPSA) is 26.3 Å². The lowest BCUT2D eigenvalue weighted by molar-refractivity contribution is -0.108. The fraction of sp³-hybridized carbons (Fsp3) is 0.0377. The van der Waals surface area contributed by atoms with Crippen LogP contribution in [0.15, 0.2) is 206 Å². The monoisotopic (exact) mass is 708 g/mol. The third-order valence-corrected chi connectivity index (χ3v) is 8.60. The van der Waals surface area contributed by atoms with Crippen LogP contribution in [0.5, 0.6) is 11.5 Å². The molecule has 0 radical (unpaired) electrons. The standard InChI is InChI=1S/C35H24O2.2C9H8/c36-35-33(26-15-7-2-8-16-26)31(25-13-5-1-6-14-25)32(34(35)27-17-9-3-10-18-27)28-21-23-30(24-22-28)37-29-19-11-4-12-20-29;2*1-2-6-9-7-4-3-5-8-9/h1-24H;2*3-5,7-8H,1H3. The molecular formula is C53H40O2. The van der Waals surface area contributed by atoms with Gasteiger partial charge in [0.1, 0.15) is 11.5 Å². The van der Waals surface area contributed by atoms with Crippen molar-refractivity contribution in [1.82, 2.24) is 0 Å². The highest BCUT2D eigenvalue weighted by atomic mass is 16.5. The van der Waals surface area contributed by atoms with Crippen LogP contribution in [-0.4, -0.2) is 5.78 Å². The number of para-hydroxylation sites is 1. The van der Waals surface area contributed by atoms with Crippen molar-refractivity contribution in [2.45, 2.75) is 13.8 Å². The maximum Gasteiger partial charge on any atom is 0.195 e. The van der Waals surface area contributed by atoms with Crippen LogP contribution in [0, 0.1) is 23.7 Å². The first-order chi connectivity index (χ1) is 27.2. The van der Waals surface area contributed by atoms with Crippen molar-refractivity contribution in [3.8, 4) is 35.2 Å². The van der Waals surface area contributed by atoms with Crippen molar-refractivity contribution in [3.05, 3.63) is 240 Å². The molecule has 0 aliphatic heterocycles. The zero-order valence-corrected chi connectivity index (χ0v) is 30.9. The summed E-state index contributed by atoms with van der Waals surface area (Å²) in [7, 11) is 0. The smallest absolute Gasteiger partial charge is 0.195 e. The maximum atomic E-state index is 14.2. The van der Waals surface area contributed by atoms with Gasteiger partial charge in [-0.2, -0.15) is 0 Å². The normalized spacial score (nSPS) is 11.4. The molecule has 55 heavy (non-hydrogen) atoms. The Morgan fingerprint density at radius 2 is 0.618 bits per heavy atom. The summed E-state index contributed by atoms with van der Waals surface area (Å²) in [6.45, 7) is 3.68. The van der Waals surface area contributed by atoms with Crippen LogP contribution >= 0.6 is 0 Å². The molecule has 0 saturated heterocycles. The van der Waals surface area contributed by atoms with E-state index in [-0.39, 0.29) is 5.78 Å². The van der Waals surface area contributed by atoms with Gasteiger partial charge >= 0.3 is 0 Å². The number of Topliss-reactive ketones (excluding diaryl/α,β-unsaturated/α-hetero) is 1. The number of hydrogen-bond donors (Lipinski definition) is 0. The fourth-order valence-corrected chi connectivity index (χ4v) is 6.19. The molecule has 1 aliphatic carbocycles. The Kier molecular flexibility index (Phi) is 13.2. The third kappa shape index (κ3) is 9.94. The highest BCUT2D eigenvalue weighted by Crippen LogP contribution is 2.49. The van der Waals surface area contributed by atoms with Gasteiger partial charge in [0.15, 0.2) is 5.78 Å². The Morgan fingerprint density at radius 3 is 0.982 bits per heavy atom. The second-order valence-corrected chi connectivity index (χ2v) is 12.3. The first-order valence-electron chi connectivity index (χ1n) is 18.1. The largest absolute Gasteiger partial charge is 0.457 e. The second kappa shape index (κ2) is 19.4. The molecule has 0 N–H and O–H groups in total. The number of allylic oxidation sites excluding steroid dienone is 4. The molecule has 0 amide bonds. The molecule has 0 spiro atoms. The van der Waals surface area contributed by atoms with Crippen LogP contribution in [0.4, 0.5) is 0 Å². The summed E-state index contributed by atoms with van der Waals surface area (Å²) in [6, 6.07) is 67.8. The maximum absolute atomic E-state index is 14.2. The molecule has 0 saturated carbocycles. The van der Waals surface area contributed by atoms with E-state index in [1.54, 1.807) is 0 Å². The minimum absolute atomic E-state index is 0.0378. The van der Waals surface area contributed by atoms with Gasteiger partial charge in [-0.15, -0.1) is 11.8 Å². The number of ketones is 1. The highest BCUT2D eigenvalue weighted by molar-refractivity contribution is 6.59. The van der Waals surface area contributed by atoms with Crippen LogP contribution in [0.1, 0.15) is 47.2 Å². The lowest BCUT2D eigenvalue weighted by atomic mass is 9.89. The first-order valence-corrected chi connectivity index (χ1v) is 18.1. The molecule has 0 fully saturated rings. The fourth-order valence-electron chi connectivity index (χ4n) is 6.19. The second-order valence-electron chi connectivity index (χ2n) is 12.3. The van der Waals surface area contributed by atoms with Gasteiger partial charge in [-0.3, -0.25) is 4.79 Å². The molecular weight excluding hydrogens is 669 g/mol. The van der Waals surface area contributed by atoms with Gasteiger partial charge in [0.05, 0.1) is 0 Å². The molecule has 0 atom stereocenters. The average Bonchev–Trinajstić information content (AvgIpc) is 3.56. The zero-order chi connectivity index (χ0) is 38.1. The summed E-state index contributed by atoms with van der Waals surface area (Å²) in [5.41, 5.74) is 9.31. The predicted molar refractivity (Wildman–Crippen MR) is 229 cm³/mol. The van der Waals surface area contributed by atoms with Crippen LogP contribution in [-0.2, 0) is 4.79 Å². The van der Waals surface area contributed by atoms with Gasteiger partial charge in [0.25, 0.3) is 0 Å². The SMILES string of the molecule is CC#Cc1ccccc1.CC#Cc1ccccc1.O=C1C(c2ccccc2)=C(c2ccccc2)C(c2ccc(Oc3ccccc3)cc2)=C1c1ccccc1. The Balaban J connectivity index is 0.000000234. The van der Waals surface area contributed by atoms with Crippen LogP contribution in [0.3, 0.4) is 0 Å². The van der Waals surface area contributed by atoms with Gasteiger partial charge in [0, 0.05) is 33.4 Å². The molecule has 0 unspecified atom stereocenters. The molecule has 7 aromatic carbocycles. The summed E-state index contributed by atoms with van der Waals surface area (Å²) in [4.78, 5) is 14.2. The molecule has 1 aliphatic rings. The van der Waals surface area contributed by atoms with Gasteiger partial charge in [-0.25, -0.2) is 0 Å². The lowest BCUT2D eigenvalue weighted by Crippen LogP contribution is -2.01. The van der Waals surface area contributed by atoms with Gasteiger partial charge in [-0.1, -0.05) is 170 Å². The minimum Gasteiger partial charge on any atom is -0.457 e. The average molecular weight is 709 g/mol. The molecule has 0 bridgehead atoms. The number of benzene rings is 7. The Labute approximate surface area is 325 Å². The van der Waals surface area contributed by atoms with Crippen LogP contribution in [0.25, 0.3) is 22.3 Å². The Bertz CT molecular complexity index is 2420. The summed E-state index contributed by atoms with van der Waals surface area (Å²) in [5, 5.41) is 0. The molecule has 2 heteroatoms. The van der Waals surface area contributed by atoms with E-state index in [0.717, 1.165) is 67.2 Å². The zero-order valence-electron chi connectivity index (χ0n) is 30.9. The molecule has 0 heterocycles. The molecule has 7 aromatic rings. The van der Waals surface area contributed by atoms with E-state index in [0.29, 0.717) is 0 Å². The van der Waals surface area contributed by atoms with E-state index in [9.17, 15) is 4.79 Å². The number of hydrogen-bond acceptors (Lipinski definition) is 2. The van der Waals surface area contributed by atoms with Crippen molar-refractivity contribution < 1.29 is 9.53 Å². The summed E-state index contributed by atoms with van der Waals surface area (Å²) in [6.07, 6.45) is 0. The molecule has 0 aromatic heterocycles. The lowest BCUT2D eigenvalue weighted by Gasteiger charge is -2.14. The number of ether oxygens (including phenoxy) is 1. The Morgan fingerprint density at radius 1 is 0.327 bits per heavy atom. The van der Waals surface area contributed by atoms with Gasteiger partial charge in [-0.05, 0) is 84.6 Å². The number of rotatable bonds is 6. The Hall–Kier alpha value is -7.39. The van der Waals surface area contributed by atoms with E-state index in [4.69, 9.17) is 4.74 Å². The van der Waals surface area contributed by atoms with Gasteiger partial charge < -0.3 is 4.74 Å². The van der Waals surface area contributed by atoms with Crippen molar-refractivity contribution in [3.63, 3.8) is 0 Å². The van der Waals surface area contributed by atoms with Crippen molar-refractivity contribution in [2.24, 2.45) is 0 Å². The number of carbonyl (C=O) groups is 1. The third-order valence-electron chi connectivity index (χ3n) is 8.60. The summed E-state index contributed by atoms with van der Waals surface area (Å²) in [5.74, 6) is 13.1. The van der Waals surface area contributed by atoms with E-state index >= 15 is 0 Å². The minimum atomic E-state index is 0.0378.